The molecule has 0 N–H and O–H groups in total. The molecule has 0 aliphatic heterocycles. The SMILES string of the molecule is [C-]#[N+]/C(C#N)=C1\c2ccccc2-c2cc(Br)ccc21. The maximum absolute atomic E-state index is 9.16. The van der Waals surface area contributed by atoms with Gasteiger partial charge >= 0.3 is 0 Å². The highest BCUT2D eigenvalue weighted by atomic mass is 79.9. The third-order valence-electron chi connectivity index (χ3n) is 3.19. The van der Waals surface area contributed by atoms with Gasteiger partial charge in [0.05, 0.1) is 12.6 Å². The molecular weight excluding hydrogens is 300 g/mol. The molecule has 0 fully saturated rings. The molecule has 2 nitrogen and oxygen atoms in total. The highest BCUT2D eigenvalue weighted by Gasteiger charge is 2.25. The summed E-state index contributed by atoms with van der Waals surface area (Å²) in [5, 5.41) is 9.16. The first-order chi connectivity index (χ1) is 9.26. The summed E-state index contributed by atoms with van der Waals surface area (Å²) in [5.74, 6) is 0. The third-order valence-corrected chi connectivity index (χ3v) is 3.69. The van der Waals surface area contributed by atoms with Crippen LogP contribution >= 0.6 is 15.9 Å². The van der Waals surface area contributed by atoms with E-state index in [0.717, 1.165) is 32.3 Å². The maximum Gasteiger partial charge on any atom is 0.270 e. The van der Waals surface area contributed by atoms with E-state index in [-0.39, 0.29) is 5.70 Å². The van der Waals surface area contributed by atoms with Gasteiger partial charge in [-0.2, -0.15) is 0 Å². The molecule has 0 unspecified atom stereocenters. The number of fused-ring (bicyclic) bond motifs is 3. The standard InChI is InChI=1S/C16H7BrN2/c1-19-15(9-18)16-12-5-3-2-4-11(12)14-8-10(17)6-7-13(14)16/h2-8H/b16-15+. The van der Waals surface area contributed by atoms with Crippen LogP contribution in [0.15, 0.2) is 52.6 Å². The minimum Gasteiger partial charge on any atom is -0.226 e. The van der Waals surface area contributed by atoms with Crippen molar-refractivity contribution in [3.63, 3.8) is 0 Å². The van der Waals surface area contributed by atoms with Crippen molar-refractivity contribution >= 4 is 21.5 Å². The fourth-order valence-electron chi connectivity index (χ4n) is 2.43. The van der Waals surface area contributed by atoms with Crippen LogP contribution in [-0.2, 0) is 0 Å². The van der Waals surface area contributed by atoms with Crippen LogP contribution in [-0.4, -0.2) is 0 Å². The minimum atomic E-state index is 0.147. The molecule has 3 heteroatoms. The molecule has 3 rings (SSSR count). The van der Waals surface area contributed by atoms with Crippen LogP contribution in [0.2, 0.25) is 0 Å². The monoisotopic (exact) mass is 306 g/mol. The lowest BCUT2D eigenvalue weighted by molar-refractivity contribution is 1.49. The summed E-state index contributed by atoms with van der Waals surface area (Å²) in [5.41, 5.74) is 4.95. The van der Waals surface area contributed by atoms with Gasteiger partial charge in [0.1, 0.15) is 0 Å². The van der Waals surface area contributed by atoms with Gasteiger partial charge in [0.2, 0.25) is 0 Å². The van der Waals surface area contributed by atoms with Crippen molar-refractivity contribution in [1.29, 1.82) is 5.26 Å². The van der Waals surface area contributed by atoms with E-state index in [4.69, 9.17) is 11.8 Å². The molecule has 0 heterocycles. The summed E-state index contributed by atoms with van der Waals surface area (Å²) in [6, 6.07) is 15.8. The average Bonchev–Trinajstić information content (AvgIpc) is 2.75. The average molecular weight is 307 g/mol. The Bertz CT molecular complexity index is 788. The number of hydrogen-bond donors (Lipinski definition) is 0. The quantitative estimate of drug-likeness (QED) is 0.439. The molecule has 2 aromatic carbocycles. The van der Waals surface area contributed by atoms with E-state index < -0.39 is 0 Å². The molecule has 0 aromatic heterocycles. The lowest BCUT2D eigenvalue weighted by Gasteiger charge is -2.02. The topological polar surface area (TPSA) is 28.1 Å². The van der Waals surface area contributed by atoms with Crippen LogP contribution in [0.4, 0.5) is 0 Å². The van der Waals surface area contributed by atoms with Gasteiger partial charge in [-0.15, -0.1) is 0 Å². The Hall–Kier alpha value is -2.36. The Morgan fingerprint density at radius 3 is 2.42 bits per heavy atom. The first kappa shape index (κ1) is 11.7. The molecule has 2 aromatic rings. The van der Waals surface area contributed by atoms with Gasteiger partial charge < -0.3 is 0 Å². The van der Waals surface area contributed by atoms with Gasteiger partial charge in [-0.1, -0.05) is 46.3 Å². The predicted octanol–water partition coefficient (Wildman–Crippen LogP) is 4.63. The van der Waals surface area contributed by atoms with E-state index in [1.165, 1.54) is 0 Å². The normalized spacial score (nSPS) is 14.1. The number of nitrogens with zero attached hydrogens (tertiary/aromatic N) is 2. The predicted molar refractivity (Wildman–Crippen MR) is 77.8 cm³/mol. The largest absolute Gasteiger partial charge is 0.270 e. The van der Waals surface area contributed by atoms with Crippen LogP contribution < -0.4 is 0 Å². The molecule has 88 valence electrons. The van der Waals surface area contributed by atoms with Crippen LogP contribution in [0.5, 0.6) is 0 Å². The Morgan fingerprint density at radius 2 is 1.74 bits per heavy atom. The summed E-state index contributed by atoms with van der Waals surface area (Å²) < 4.78 is 0.989. The van der Waals surface area contributed by atoms with Crippen LogP contribution in [0, 0.1) is 17.9 Å². The third kappa shape index (κ3) is 1.68. The smallest absolute Gasteiger partial charge is 0.226 e. The highest BCUT2D eigenvalue weighted by Crippen LogP contribution is 2.46. The summed E-state index contributed by atoms with van der Waals surface area (Å²) in [4.78, 5) is 3.37. The van der Waals surface area contributed by atoms with Crippen molar-refractivity contribution < 1.29 is 0 Å². The zero-order valence-corrected chi connectivity index (χ0v) is 11.4. The minimum absolute atomic E-state index is 0.147. The molecule has 1 aliphatic rings. The van der Waals surface area contributed by atoms with Crippen molar-refractivity contribution in [2.75, 3.05) is 0 Å². The van der Waals surface area contributed by atoms with Crippen molar-refractivity contribution in [3.8, 4) is 17.2 Å². The van der Waals surface area contributed by atoms with Crippen molar-refractivity contribution in [3.05, 3.63) is 75.2 Å². The maximum atomic E-state index is 9.16. The van der Waals surface area contributed by atoms with Gasteiger partial charge in [-0.3, -0.25) is 0 Å². The molecular formula is C16H7BrN2. The van der Waals surface area contributed by atoms with E-state index in [9.17, 15) is 0 Å². The van der Waals surface area contributed by atoms with Gasteiger partial charge in [0, 0.05) is 10.0 Å². The lowest BCUT2D eigenvalue weighted by atomic mass is 10.0. The molecule has 0 radical (unpaired) electrons. The molecule has 0 saturated carbocycles. The molecule has 19 heavy (non-hydrogen) atoms. The number of halogens is 1. The summed E-state index contributed by atoms with van der Waals surface area (Å²) in [6.45, 7) is 7.19. The van der Waals surface area contributed by atoms with Crippen molar-refractivity contribution in [2.24, 2.45) is 0 Å². The Morgan fingerprint density at radius 1 is 1.05 bits per heavy atom. The molecule has 0 amide bonds. The highest BCUT2D eigenvalue weighted by molar-refractivity contribution is 9.10. The Labute approximate surface area is 119 Å². The number of rotatable bonds is 0. The summed E-state index contributed by atoms with van der Waals surface area (Å²) in [7, 11) is 0. The van der Waals surface area contributed by atoms with E-state index >= 15 is 0 Å². The van der Waals surface area contributed by atoms with E-state index in [1.54, 1.807) is 0 Å². The molecule has 0 saturated heterocycles. The van der Waals surface area contributed by atoms with Gasteiger partial charge in [0.15, 0.2) is 0 Å². The number of hydrogen-bond acceptors (Lipinski definition) is 1. The fraction of sp³-hybridized carbons (Fsp3) is 0. The molecule has 0 atom stereocenters. The first-order valence-corrected chi connectivity index (χ1v) is 6.47. The summed E-state index contributed by atoms with van der Waals surface area (Å²) in [6.07, 6.45) is 0. The number of allylic oxidation sites excluding steroid dienone is 1. The molecule has 0 bridgehead atoms. The Kier molecular flexibility index (Phi) is 2.71. The van der Waals surface area contributed by atoms with Gasteiger partial charge in [-0.05, 0) is 34.4 Å². The van der Waals surface area contributed by atoms with E-state index in [2.05, 4.69) is 20.8 Å². The summed E-state index contributed by atoms with van der Waals surface area (Å²) >= 11 is 3.47. The number of benzene rings is 2. The van der Waals surface area contributed by atoms with Crippen LogP contribution in [0.1, 0.15) is 11.1 Å². The van der Waals surface area contributed by atoms with Gasteiger partial charge in [-0.25, -0.2) is 10.1 Å². The van der Waals surface area contributed by atoms with Crippen molar-refractivity contribution in [1.82, 2.24) is 0 Å². The van der Waals surface area contributed by atoms with Crippen LogP contribution in [0.25, 0.3) is 21.5 Å². The second kappa shape index (κ2) is 4.39. The zero-order chi connectivity index (χ0) is 13.4. The Balaban J connectivity index is 2.46. The first-order valence-electron chi connectivity index (χ1n) is 5.68. The van der Waals surface area contributed by atoms with E-state index in [0.29, 0.717) is 0 Å². The lowest BCUT2D eigenvalue weighted by Crippen LogP contribution is -1.85. The second-order valence-electron chi connectivity index (χ2n) is 4.18. The zero-order valence-electron chi connectivity index (χ0n) is 9.81. The van der Waals surface area contributed by atoms with Gasteiger partial charge in [0.25, 0.3) is 5.70 Å². The van der Waals surface area contributed by atoms with E-state index in [1.807, 2.05) is 48.5 Å². The molecule has 0 spiro atoms. The second-order valence-corrected chi connectivity index (χ2v) is 5.10. The molecule has 1 aliphatic carbocycles. The van der Waals surface area contributed by atoms with Crippen LogP contribution in [0.3, 0.4) is 0 Å². The fourth-order valence-corrected chi connectivity index (χ4v) is 2.79. The number of nitriles is 1. The van der Waals surface area contributed by atoms with Crippen molar-refractivity contribution in [2.45, 2.75) is 0 Å².